The molecule has 0 saturated carbocycles. The van der Waals surface area contributed by atoms with Gasteiger partial charge in [-0.05, 0) is 12.5 Å². The first-order chi connectivity index (χ1) is 10.0. The Morgan fingerprint density at radius 1 is 1.32 bits per heavy atom. The lowest BCUT2D eigenvalue weighted by atomic mass is 9.92. The first-order valence-electron chi connectivity index (χ1n) is 6.23. The number of esters is 1. The van der Waals surface area contributed by atoms with Crippen molar-refractivity contribution < 1.29 is 27.5 Å². The van der Waals surface area contributed by atoms with Gasteiger partial charge in [0.05, 0.1) is 0 Å². The van der Waals surface area contributed by atoms with Crippen LogP contribution >= 0.6 is 0 Å². The second-order valence-electron chi connectivity index (χ2n) is 5.06. The van der Waals surface area contributed by atoms with Crippen molar-refractivity contribution in [2.75, 3.05) is 7.05 Å². The van der Waals surface area contributed by atoms with E-state index in [1.165, 1.54) is 6.92 Å². The van der Waals surface area contributed by atoms with Crippen molar-refractivity contribution in [3.8, 4) is 0 Å². The van der Waals surface area contributed by atoms with Crippen LogP contribution in [0.1, 0.15) is 12.5 Å². The lowest BCUT2D eigenvalue weighted by Gasteiger charge is -2.31. The number of carbonyl (C=O) groups excluding carboxylic acids is 2. The van der Waals surface area contributed by atoms with Crippen LogP contribution in [0.25, 0.3) is 0 Å². The number of carbonyl (C=O) groups is 2. The molecular weight excluding hydrogens is 303 g/mol. The number of benzene rings is 1. The van der Waals surface area contributed by atoms with Gasteiger partial charge in [0.1, 0.15) is 5.54 Å². The number of halogens is 3. The molecule has 2 atom stereocenters. The molecule has 1 saturated heterocycles. The van der Waals surface area contributed by atoms with Crippen molar-refractivity contribution in [2.24, 2.45) is 5.73 Å². The van der Waals surface area contributed by atoms with E-state index in [1.54, 1.807) is 30.3 Å². The third-order valence-corrected chi connectivity index (χ3v) is 3.49. The number of hydrogen-bond acceptors (Lipinski definition) is 5. The Bertz CT molecular complexity index is 608. The van der Waals surface area contributed by atoms with Gasteiger partial charge in [-0.25, -0.2) is 10.1 Å². The number of nitrogens with zero attached hydrogens (tertiary/aromatic N) is 1. The predicted octanol–water partition coefficient (Wildman–Crippen LogP) is 0.639. The van der Waals surface area contributed by atoms with Crippen LogP contribution in [0.5, 0.6) is 0 Å². The van der Waals surface area contributed by atoms with E-state index in [0.29, 0.717) is 5.56 Å². The van der Waals surface area contributed by atoms with Gasteiger partial charge in [-0.1, -0.05) is 30.3 Å². The van der Waals surface area contributed by atoms with Crippen molar-refractivity contribution in [3.63, 3.8) is 0 Å². The maximum atomic E-state index is 12.4. The van der Waals surface area contributed by atoms with Gasteiger partial charge in [-0.15, -0.1) is 0 Å². The molecular formula is C13H14F3N3O3. The molecule has 2 rings (SSSR count). The van der Waals surface area contributed by atoms with Crippen LogP contribution in [0.2, 0.25) is 0 Å². The molecule has 6 nitrogen and oxygen atoms in total. The molecule has 1 aromatic rings. The largest absolute Gasteiger partial charge is 0.491 e. The van der Waals surface area contributed by atoms with Crippen molar-refractivity contribution >= 4 is 11.9 Å². The zero-order valence-electron chi connectivity index (χ0n) is 11.8. The third-order valence-electron chi connectivity index (χ3n) is 3.49. The molecule has 1 aliphatic heterocycles. The summed E-state index contributed by atoms with van der Waals surface area (Å²) in [6.07, 6.45) is -5.22. The number of ether oxygens (including phenoxy) is 1. The van der Waals surface area contributed by atoms with Crippen LogP contribution in [-0.4, -0.2) is 36.0 Å². The summed E-state index contributed by atoms with van der Waals surface area (Å²) in [5, 5.41) is 2.47. The average Bonchev–Trinajstić information content (AvgIpc) is 2.61. The number of amides is 1. The van der Waals surface area contributed by atoms with E-state index < -0.39 is 29.6 Å². The molecule has 120 valence electrons. The van der Waals surface area contributed by atoms with Crippen molar-refractivity contribution in [1.82, 2.24) is 10.2 Å². The summed E-state index contributed by atoms with van der Waals surface area (Å²) in [5.74, 6) is -5.51. The first-order valence-corrected chi connectivity index (χ1v) is 6.23. The Balaban J connectivity index is 2.34. The minimum Gasteiger partial charge on any atom is -0.404 e. The molecule has 0 radical (unpaired) electrons. The van der Waals surface area contributed by atoms with Crippen LogP contribution in [-0.2, 0) is 19.9 Å². The first kappa shape index (κ1) is 16.2. The molecule has 22 heavy (non-hydrogen) atoms. The highest BCUT2D eigenvalue weighted by Gasteiger charge is 2.59. The molecule has 3 N–H and O–H groups in total. The van der Waals surface area contributed by atoms with E-state index >= 15 is 0 Å². The highest BCUT2D eigenvalue weighted by molar-refractivity contribution is 5.90. The number of likely N-dealkylation sites (N-methyl/N-ethyl adjacent to an activating group) is 1. The molecule has 1 fully saturated rings. The SMILES string of the molecule is CN1C(=O)C(C)(c2ccccc2)NC1(N)OC(=O)C(F)(F)F. The fraction of sp³-hybridized carbons (Fsp3) is 0.385. The fourth-order valence-corrected chi connectivity index (χ4v) is 2.24. The molecule has 0 aromatic heterocycles. The zero-order chi connectivity index (χ0) is 16.8. The lowest BCUT2D eigenvalue weighted by Crippen LogP contribution is -2.63. The van der Waals surface area contributed by atoms with Gasteiger partial charge in [-0.2, -0.15) is 13.2 Å². The highest BCUT2D eigenvalue weighted by Crippen LogP contribution is 2.34. The van der Waals surface area contributed by atoms with Crippen LogP contribution in [0.15, 0.2) is 30.3 Å². The second-order valence-corrected chi connectivity index (χ2v) is 5.06. The van der Waals surface area contributed by atoms with E-state index in [2.05, 4.69) is 10.1 Å². The van der Waals surface area contributed by atoms with Gasteiger partial charge in [0.2, 0.25) is 0 Å². The van der Waals surface area contributed by atoms with E-state index in [0.717, 1.165) is 11.9 Å². The molecule has 0 spiro atoms. The Labute approximate surface area is 124 Å². The number of rotatable bonds is 2. The summed E-state index contributed by atoms with van der Waals surface area (Å²) in [5.41, 5.74) is 4.71. The zero-order valence-corrected chi connectivity index (χ0v) is 11.8. The van der Waals surface area contributed by atoms with Crippen LogP contribution in [0.4, 0.5) is 13.2 Å². The molecule has 0 aliphatic carbocycles. The van der Waals surface area contributed by atoms with Gasteiger partial charge in [-0.3, -0.25) is 15.4 Å². The van der Waals surface area contributed by atoms with Crippen molar-refractivity contribution in [2.45, 2.75) is 24.6 Å². The van der Waals surface area contributed by atoms with Crippen LogP contribution < -0.4 is 11.1 Å². The topological polar surface area (TPSA) is 84.7 Å². The number of nitrogens with two attached hydrogens (primary N) is 1. The Hall–Kier alpha value is -2.13. The number of alkyl halides is 3. The van der Waals surface area contributed by atoms with Crippen LogP contribution in [0, 0.1) is 0 Å². The van der Waals surface area contributed by atoms with E-state index in [1.807, 2.05) is 0 Å². The van der Waals surface area contributed by atoms with Crippen molar-refractivity contribution in [1.29, 1.82) is 0 Å². The summed E-state index contributed by atoms with van der Waals surface area (Å²) in [6, 6.07) is 8.25. The van der Waals surface area contributed by atoms with E-state index in [4.69, 9.17) is 5.73 Å². The maximum Gasteiger partial charge on any atom is 0.491 e. The molecule has 1 aliphatic rings. The van der Waals surface area contributed by atoms with E-state index in [9.17, 15) is 22.8 Å². The molecule has 9 heteroatoms. The third kappa shape index (κ3) is 2.53. The average molecular weight is 317 g/mol. The summed E-state index contributed by atoms with van der Waals surface area (Å²) in [4.78, 5) is 24.1. The normalized spacial score (nSPS) is 28.8. The highest BCUT2D eigenvalue weighted by atomic mass is 19.4. The minimum atomic E-state index is -5.22. The number of nitrogens with one attached hydrogen (secondary N) is 1. The summed E-state index contributed by atoms with van der Waals surface area (Å²) in [7, 11) is 1.15. The molecule has 2 unspecified atom stereocenters. The Morgan fingerprint density at radius 2 is 1.86 bits per heavy atom. The van der Waals surface area contributed by atoms with Gasteiger partial charge >= 0.3 is 18.1 Å². The minimum absolute atomic E-state index is 0.474. The monoisotopic (exact) mass is 317 g/mol. The molecule has 1 amide bonds. The van der Waals surface area contributed by atoms with E-state index in [-0.39, 0.29) is 0 Å². The quantitative estimate of drug-likeness (QED) is 0.618. The number of hydrogen-bond donors (Lipinski definition) is 2. The van der Waals surface area contributed by atoms with Crippen molar-refractivity contribution in [3.05, 3.63) is 35.9 Å². The van der Waals surface area contributed by atoms with Crippen LogP contribution in [0.3, 0.4) is 0 Å². The molecule has 0 bridgehead atoms. The summed E-state index contributed by atoms with van der Waals surface area (Å²) < 4.78 is 41.3. The summed E-state index contributed by atoms with van der Waals surface area (Å²) >= 11 is 0. The standard InChI is InChI=1S/C13H14F3N3O3/c1-11(8-6-4-3-5-7-8)9(20)19(2)13(17,18-11)22-10(21)12(14,15)16/h3-7,18H,17H2,1-2H3. The Kier molecular flexibility index (Phi) is 3.66. The lowest BCUT2D eigenvalue weighted by molar-refractivity contribution is -0.228. The summed E-state index contributed by atoms with van der Waals surface area (Å²) in [6.45, 7) is 1.44. The van der Waals surface area contributed by atoms with Gasteiger partial charge in [0.15, 0.2) is 0 Å². The van der Waals surface area contributed by atoms with Gasteiger partial charge in [0.25, 0.3) is 5.91 Å². The van der Waals surface area contributed by atoms with Gasteiger partial charge in [0, 0.05) is 7.05 Å². The maximum absolute atomic E-state index is 12.4. The smallest absolute Gasteiger partial charge is 0.404 e. The second kappa shape index (κ2) is 4.96. The predicted molar refractivity (Wildman–Crippen MR) is 68.8 cm³/mol. The Morgan fingerprint density at radius 3 is 2.36 bits per heavy atom. The fourth-order valence-electron chi connectivity index (χ4n) is 2.24. The molecule has 1 aromatic carbocycles. The van der Waals surface area contributed by atoms with Gasteiger partial charge < -0.3 is 4.74 Å². The molecule has 1 heterocycles.